The van der Waals surface area contributed by atoms with Gasteiger partial charge in [-0.1, -0.05) is 37.3 Å². The van der Waals surface area contributed by atoms with Gasteiger partial charge in [0.25, 0.3) is 11.6 Å². The maximum Gasteiger partial charge on any atom is 0.279 e. The average molecular weight is 367 g/mol. The Morgan fingerprint density at radius 2 is 1.81 bits per heavy atom. The standard InChI is InChI=1S/C19H17N3O3S/c1-3-16-17(13-7-5-4-6-8-13)21(2)19(26-16)20-18(23)14-9-11-15(12-10-14)22(24)25/h4-12H,3H2,1-2H3. The van der Waals surface area contributed by atoms with E-state index in [4.69, 9.17) is 0 Å². The van der Waals surface area contributed by atoms with Gasteiger partial charge in [-0.3, -0.25) is 14.9 Å². The third-order valence-corrected chi connectivity index (χ3v) is 5.27. The highest BCUT2D eigenvalue weighted by atomic mass is 32.1. The first-order chi connectivity index (χ1) is 12.5. The van der Waals surface area contributed by atoms with E-state index >= 15 is 0 Å². The highest BCUT2D eigenvalue weighted by Crippen LogP contribution is 2.25. The van der Waals surface area contributed by atoms with Gasteiger partial charge in [0.15, 0.2) is 4.80 Å². The second-order valence-corrected chi connectivity index (χ2v) is 6.72. The number of aryl methyl sites for hydroxylation is 1. The van der Waals surface area contributed by atoms with Crippen molar-refractivity contribution < 1.29 is 9.72 Å². The summed E-state index contributed by atoms with van der Waals surface area (Å²) >= 11 is 1.48. The highest BCUT2D eigenvalue weighted by Gasteiger charge is 2.14. The highest BCUT2D eigenvalue weighted by molar-refractivity contribution is 7.09. The first-order valence-electron chi connectivity index (χ1n) is 8.09. The molecule has 3 rings (SSSR count). The Labute approximate surface area is 154 Å². The third kappa shape index (κ3) is 3.48. The van der Waals surface area contributed by atoms with Crippen LogP contribution in [0.5, 0.6) is 0 Å². The molecule has 0 saturated heterocycles. The normalized spacial score (nSPS) is 11.5. The van der Waals surface area contributed by atoms with Gasteiger partial charge in [0.1, 0.15) is 0 Å². The van der Waals surface area contributed by atoms with E-state index in [1.165, 1.54) is 35.6 Å². The van der Waals surface area contributed by atoms with Gasteiger partial charge in [-0.2, -0.15) is 4.99 Å². The van der Waals surface area contributed by atoms with Crippen LogP contribution in [0.4, 0.5) is 5.69 Å². The molecule has 26 heavy (non-hydrogen) atoms. The Morgan fingerprint density at radius 1 is 1.15 bits per heavy atom. The summed E-state index contributed by atoms with van der Waals surface area (Å²) < 4.78 is 1.92. The number of carbonyl (C=O) groups excluding carboxylic acids is 1. The molecule has 0 bridgehead atoms. The second kappa shape index (κ2) is 7.45. The number of nitro groups is 1. The molecule has 1 amide bonds. The van der Waals surface area contributed by atoms with E-state index in [-0.39, 0.29) is 5.69 Å². The summed E-state index contributed by atoms with van der Waals surface area (Å²) in [6.07, 6.45) is 0.837. The lowest BCUT2D eigenvalue weighted by Gasteiger charge is -2.05. The Balaban J connectivity index is 2.02. The molecule has 0 unspecified atom stereocenters. The van der Waals surface area contributed by atoms with Gasteiger partial charge < -0.3 is 4.57 Å². The van der Waals surface area contributed by atoms with Crippen molar-refractivity contribution in [3.63, 3.8) is 0 Å². The summed E-state index contributed by atoms with van der Waals surface area (Å²) in [6.45, 7) is 2.07. The van der Waals surface area contributed by atoms with Crippen LogP contribution in [0.3, 0.4) is 0 Å². The molecule has 0 saturated carbocycles. The van der Waals surface area contributed by atoms with Crippen molar-refractivity contribution in [3.05, 3.63) is 80.0 Å². The SMILES string of the molecule is CCc1sc(=NC(=O)c2ccc([N+](=O)[O-])cc2)n(C)c1-c1ccccc1. The Kier molecular flexibility index (Phi) is 5.09. The quantitative estimate of drug-likeness (QED) is 0.517. The van der Waals surface area contributed by atoms with Crippen molar-refractivity contribution in [2.24, 2.45) is 12.0 Å². The zero-order chi connectivity index (χ0) is 18.7. The predicted octanol–water partition coefficient (Wildman–Crippen LogP) is 3.97. The number of carbonyl (C=O) groups is 1. The van der Waals surface area contributed by atoms with Crippen LogP contribution >= 0.6 is 11.3 Å². The summed E-state index contributed by atoms with van der Waals surface area (Å²) in [5.74, 6) is -0.418. The lowest BCUT2D eigenvalue weighted by atomic mass is 10.1. The van der Waals surface area contributed by atoms with Crippen molar-refractivity contribution in [1.29, 1.82) is 0 Å². The maximum atomic E-state index is 12.4. The molecule has 0 aliphatic rings. The Bertz CT molecular complexity index is 1020. The molecular formula is C19H17N3O3S. The number of rotatable bonds is 4. The molecule has 2 aromatic carbocycles. The molecule has 0 N–H and O–H groups in total. The smallest absolute Gasteiger partial charge is 0.279 e. The van der Waals surface area contributed by atoms with Gasteiger partial charge in [0.05, 0.1) is 10.6 Å². The molecule has 1 heterocycles. The van der Waals surface area contributed by atoms with Crippen molar-refractivity contribution in [2.45, 2.75) is 13.3 Å². The molecule has 7 heteroatoms. The molecule has 132 valence electrons. The van der Waals surface area contributed by atoms with Crippen molar-refractivity contribution in [1.82, 2.24) is 4.57 Å². The fraction of sp³-hybridized carbons (Fsp3) is 0.158. The number of hydrogen-bond acceptors (Lipinski definition) is 4. The minimum Gasteiger partial charge on any atom is -0.319 e. The molecule has 6 nitrogen and oxygen atoms in total. The zero-order valence-electron chi connectivity index (χ0n) is 14.4. The Morgan fingerprint density at radius 3 is 2.38 bits per heavy atom. The van der Waals surface area contributed by atoms with Crippen LogP contribution in [0, 0.1) is 10.1 Å². The largest absolute Gasteiger partial charge is 0.319 e. The summed E-state index contributed by atoms with van der Waals surface area (Å²) in [5, 5.41) is 10.7. The summed E-state index contributed by atoms with van der Waals surface area (Å²) in [7, 11) is 1.89. The van der Waals surface area contributed by atoms with Gasteiger partial charge in [-0.25, -0.2) is 0 Å². The van der Waals surface area contributed by atoms with Crippen molar-refractivity contribution in [2.75, 3.05) is 0 Å². The molecule has 3 aromatic rings. The van der Waals surface area contributed by atoms with Gasteiger partial charge >= 0.3 is 0 Å². The van der Waals surface area contributed by atoms with Crippen LogP contribution in [0.15, 0.2) is 59.6 Å². The molecule has 0 spiro atoms. The number of benzene rings is 2. The molecule has 1 aromatic heterocycles. The van der Waals surface area contributed by atoms with E-state index in [2.05, 4.69) is 11.9 Å². The monoisotopic (exact) mass is 367 g/mol. The van der Waals surface area contributed by atoms with Crippen LogP contribution in [0.25, 0.3) is 11.3 Å². The van der Waals surface area contributed by atoms with E-state index in [1.807, 2.05) is 41.9 Å². The number of non-ortho nitro benzene ring substituents is 1. The van der Waals surface area contributed by atoms with Gasteiger partial charge in [-0.05, 0) is 24.1 Å². The van der Waals surface area contributed by atoms with Gasteiger partial charge in [-0.15, -0.1) is 11.3 Å². The van der Waals surface area contributed by atoms with Crippen LogP contribution in [0.1, 0.15) is 22.2 Å². The third-order valence-electron chi connectivity index (χ3n) is 3.99. The van der Waals surface area contributed by atoms with Gasteiger partial charge in [0, 0.05) is 29.6 Å². The lowest BCUT2D eigenvalue weighted by Crippen LogP contribution is -2.14. The predicted molar refractivity (Wildman–Crippen MR) is 101 cm³/mol. The first kappa shape index (κ1) is 17.8. The zero-order valence-corrected chi connectivity index (χ0v) is 15.2. The summed E-state index contributed by atoms with van der Waals surface area (Å²) in [4.78, 5) is 28.7. The number of amides is 1. The molecule has 0 aliphatic heterocycles. The molecule has 0 aliphatic carbocycles. The number of nitro benzene ring substituents is 1. The van der Waals surface area contributed by atoms with Crippen LogP contribution < -0.4 is 4.80 Å². The molecule has 0 radical (unpaired) electrons. The van der Waals surface area contributed by atoms with E-state index < -0.39 is 10.8 Å². The fourth-order valence-corrected chi connectivity index (χ4v) is 3.75. The fourth-order valence-electron chi connectivity index (χ4n) is 2.67. The molecular weight excluding hydrogens is 350 g/mol. The van der Waals surface area contributed by atoms with E-state index in [9.17, 15) is 14.9 Å². The minimum absolute atomic E-state index is 0.0529. The molecule has 0 atom stereocenters. The maximum absolute atomic E-state index is 12.4. The summed E-state index contributed by atoms with van der Waals surface area (Å²) in [6, 6.07) is 15.5. The minimum atomic E-state index is -0.496. The van der Waals surface area contributed by atoms with E-state index in [1.54, 1.807) is 0 Å². The van der Waals surface area contributed by atoms with Crippen molar-refractivity contribution >= 4 is 22.9 Å². The van der Waals surface area contributed by atoms with Gasteiger partial charge in [0.2, 0.25) is 0 Å². The van der Waals surface area contributed by atoms with Crippen LogP contribution in [-0.2, 0) is 13.5 Å². The first-order valence-corrected chi connectivity index (χ1v) is 8.90. The van der Waals surface area contributed by atoms with E-state index in [0.717, 1.165) is 22.6 Å². The topological polar surface area (TPSA) is 77.5 Å². The van der Waals surface area contributed by atoms with E-state index in [0.29, 0.717) is 10.4 Å². The Hall–Kier alpha value is -3.06. The number of nitrogens with zero attached hydrogens (tertiary/aromatic N) is 3. The lowest BCUT2D eigenvalue weighted by molar-refractivity contribution is -0.384. The summed E-state index contributed by atoms with van der Waals surface area (Å²) in [5.41, 5.74) is 2.40. The van der Waals surface area contributed by atoms with Crippen LogP contribution in [0.2, 0.25) is 0 Å². The van der Waals surface area contributed by atoms with Crippen LogP contribution in [-0.4, -0.2) is 15.4 Å². The van der Waals surface area contributed by atoms with Crippen molar-refractivity contribution in [3.8, 4) is 11.3 Å². The number of aromatic nitrogens is 1. The average Bonchev–Trinajstić information content (AvgIpc) is 2.98. The molecule has 0 fully saturated rings. The number of hydrogen-bond donors (Lipinski definition) is 0. The second-order valence-electron chi connectivity index (χ2n) is 5.66. The number of thiazole rings is 1.